The molecule has 0 aliphatic carbocycles. The third kappa shape index (κ3) is 3.14. The van der Waals surface area contributed by atoms with Crippen LogP contribution in [-0.4, -0.2) is 28.0 Å². The Labute approximate surface area is 149 Å². The third-order valence-electron chi connectivity index (χ3n) is 4.05. The number of hydrogen-bond donors (Lipinski definition) is 1. The molecule has 0 bridgehead atoms. The largest absolute Gasteiger partial charge is 0.454 e. The van der Waals surface area contributed by atoms with Crippen LogP contribution in [0.2, 0.25) is 0 Å². The van der Waals surface area contributed by atoms with Crippen molar-refractivity contribution in [3.8, 4) is 17.2 Å². The lowest BCUT2D eigenvalue weighted by Gasteiger charge is -2.06. The van der Waals surface area contributed by atoms with Crippen molar-refractivity contribution in [1.82, 2.24) is 15.0 Å². The summed E-state index contributed by atoms with van der Waals surface area (Å²) in [4.78, 5) is 16.3. The van der Waals surface area contributed by atoms with Gasteiger partial charge < -0.3 is 14.0 Å². The molecule has 0 unspecified atom stereocenters. The van der Waals surface area contributed by atoms with Gasteiger partial charge in [0.25, 0.3) is 5.91 Å². The number of imidazole rings is 1. The van der Waals surface area contributed by atoms with Crippen LogP contribution in [0.1, 0.15) is 22.8 Å². The Morgan fingerprint density at radius 1 is 1.12 bits per heavy atom. The van der Waals surface area contributed by atoms with E-state index >= 15 is 0 Å². The lowest BCUT2D eigenvalue weighted by Crippen LogP contribution is -2.19. The van der Waals surface area contributed by atoms with Gasteiger partial charge in [-0.05, 0) is 42.8 Å². The molecule has 26 heavy (non-hydrogen) atoms. The van der Waals surface area contributed by atoms with Gasteiger partial charge in [-0.25, -0.2) is 10.4 Å². The first-order chi connectivity index (χ1) is 12.7. The van der Waals surface area contributed by atoms with Gasteiger partial charge in [0.05, 0.1) is 12.0 Å². The lowest BCUT2D eigenvalue weighted by molar-refractivity contribution is 0.0954. The van der Waals surface area contributed by atoms with Crippen molar-refractivity contribution >= 4 is 11.6 Å². The lowest BCUT2D eigenvalue weighted by atomic mass is 10.1. The molecule has 2 aromatic carbocycles. The van der Waals surface area contributed by atoms with Gasteiger partial charge in [0, 0.05) is 23.6 Å². The number of nitrogens with one attached hydrogen (secondary N) is 1. The fourth-order valence-corrected chi connectivity index (χ4v) is 2.59. The number of benzene rings is 2. The first-order valence-electron chi connectivity index (χ1n) is 8.04. The number of nitrogens with zero attached hydrogens (tertiary/aromatic N) is 3. The molecule has 0 saturated heterocycles. The van der Waals surface area contributed by atoms with Crippen LogP contribution in [0.3, 0.4) is 0 Å². The van der Waals surface area contributed by atoms with E-state index in [9.17, 15) is 4.79 Å². The van der Waals surface area contributed by atoms with Gasteiger partial charge in [-0.3, -0.25) is 4.79 Å². The third-order valence-corrected chi connectivity index (χ3v) is 4.05. The van der Waals surface area contributed by atoms with E-state index in [-0.39, 0.29) is 12.7 Å². The van der Waals surface area contributed by atoms with Gasteiger partial charge in [0.2, 0.25) is 6.79 Å². The van der Waals surface area contributed by atoms with Gasteiger partial charge in [-0.2, -0.15) is 5.10 Å². The molecule has 7 heteroatoms. The molecule has 2 heterocycles. The highest BCUT2D eigenvalue weighted by Crippen LogP contribution is 2.32. The molecular formula is C19H16N4O3. The van der Waals surface area contributed by atoms with Gasteiger partial charge >= 0.3 is 0 Å². The van der Waals surface area contributed by atoms with Crippen LogP contribution in [0, 0.1) is 0 Å². The van der Waals surface area contributed by atoms with E-state index in [0.29, 0.717) is 22.8 Å². The number of aromatic nitrogens is 2. The highest BCUT2D eigenvalue weighted by molar-refractivity contribution is 6.01. The number of carbonyl (C=O) groups excluding carboxylic acids is 1. The average Bonchev–Trinajstić information content (AvgIpc) is 3.37. The normalized spacial score (nSPS) is 12.9. The maximum absolute atomic E-state index is 12.3. The minimum atomic E-state index is -0.308. The van der Waals surface area contributed by atoms with Crippen LogP contribution in [0.15, 0.2) is 66.3 Å². The predicted molar refractivity (Wildman–Crippen MR) is 95.8 cm³/mol. The Balaban J connectivity index is 1.45. The molecule has 0 saturated carbocycles. The molecular weight excluding hydrogens is 332 g/mol. The van der Waals surface area contributed by atoms with Crippen molar-refractivity contribution < 1.29 is 14.3 Å². The van der Waals surface area contributed by atoms with Crippen LogP contribution >= 0.6 is 0 Å². The fraction of sp³-hybridized carbons (Fsp3) is 0.105. The van der Waals surface area contributed by atoms with Crippen molar-refractivity contribution in [2.45, 2.75) is 6.92 Å². The molecule has 1 N–H and O–H groups in total. The number of hydrogen-bond acceptors (Lipinski definition) is 5. The summed E-state index contributed by atoms with van der Waals surface area (Å²) in [6, 6.07) is 12.9. The van der Waals surface area contributed by atoms with Crippen LogP contribution in [-0.2, 0) is 0 Å². The molecule has 3 aromatic rings. The van der Waals surface area contributed by atoms with Crippen LogP contribution in [0.25, 0.3) is 5.69 Å². The highest BCUT2D eigenvalue weighted by Gasteiger charge is 2.16. The number of hydrazone groups is 1. The smallest absolute Gasteiger partial charge is 0.271 e. The monoisotopic (exact) mass is 348 g/mol. The molecule has 1 aromatic heterocycles. The highest BCUT2D eigenvalue weighted by atomic mass is 16.7. The van der Waals surface area contributed by atoms with Crippen LogP contribution < -0.4 is 14.9 Å². The van der Waals surface area contributed by atoms with Crippen molar-refractivity contribution in [1.29, 1.82) is 0 Å². The summed E-state index contributed by atoms with van der Waals surface area (Å²) in [5.74, 6) is 0.894. The Morgan fingerprint density at radius 2 is 1.88 bits per heavy atom. The van der Waals surface area contributed by atoms with Gasteiger partial charge in [0.1, 0.15) is 0 Å². The zero-order valence-electron chi connectivity index (χ0n) is 14.0. The first kappa shape index (κ1) is 15.9. The van der Waals surface area contributed by atoms with E-state index in [4.69, 9.17) is 9.47 Å². The quantitative estimate of drug-likeness (QED) is 0.581. The van der Waals surface area contributed by atoms with Crippen LogP contribution in [0.4, 0.5) is 0 Å². The fourth-order valence-electron chi connectivity index (χ4n) is 2.59. The number of carbonyl (C=O) groups is 1. The minimum absolute atomic E-state index is 0.173. The summed E-state index contributed by atoms with van der Waals surface area (Å²) in [7, 11) is 0. The molecule has 1 aliphatic rings. The van der Waals surface area contributed by atoms with Crippen LogP contribution in [0.5, 0.6) is 11.5 Å². The molecule has 0 spiro atoms. The Morgan fingerprint density at radius 3 is 2.65 bits per heavy atom. The number of amides is 1. The Kier molecular flexibility index (Phi) is 4.10. The number of rotatable bonds is 4. The molecule has 1 aliphatic heterocycles. The number of ether oxygens (including phenoxy) is 2. The van der Waals surface area contributed by atoms with E-state index in [0.717, 1.165) is 11.3 Å². The molecule has 130 valence electrons. The molecule has 0 fully saturated rings. The number of fused-ring (bicyclic) bond motifs is 1. The van der Waals surface area contributed by atoms with E-state index in [1.54, 1.807) is 30.7 Å². The Hall–Kier alpha value is -3.61. The summed E-state index contributed by atoms with van der Waals surface area (Å²) in [6.45, 7) is 2.01. The second kappa shape index (κ2) is 6.72. The van der Waals surface area contributed by atoms with Gasteiger partial charge in [-0.1, -0.05) is 12.1 Å². The first-order valence-corrected chi connectivity index (χ1v) is 8.04. The summed E-state index contributed by atoms with van der Waals surface area (Å²) in [5.41, 5.74) is 5.65. The summed E-state index contributed by atoms with van der Waals surface area (Å²) in [5, 5.41) is 4.18. The minimum Gasteiger partial charge on any atom is -0.454 e. The maximum atomic E-state index is 12.3. The summed E-state index contributed by atoms with van der Waals surface area (Å²) >= 11 is 0. The SMILES string of the molecule is C/C(=N/NC(=O)c1ccc2c(c1)OCO2)c1ccc(-n2ccnc2)cc1. The van der Waals surface area contributed by atoms with Crippen molar-refractivity contribution in [2.24, 2.45) is 5.10 Å². The zero-order valence-corrected chi connectivity index (χ0v) is 14.0. The van der Waals surface area contributed by atoms with Gasteiger partial charge in [0.15, 0.2) is 11.5 Å². The summed E-state index contributed by atoms with van der Waals surface area (Å²) in [6.07, 6.45) is 5.34. The van der Waals surface area contributed by atoms with Crippen molar-refractivity contribution in [3.05, 3.63) is 72.3 Å². The van der Waals surface area contributed by atoms with E-state index in [1.165, 1.54) is 0 Å². The van der Waals surface area contributed by atoms with E-state index in [1.807, 2.05) is 42.0 Å². The molecule has 0 atom stereocenters. The molecule has 0 radical (unpaired) electrons. The van der Waals surface area contributed by atoms with E-state index in [2.05, 4.69) is 15.5 Å². The zero-order chi connectivity index (χ0) is 17.9. The predicted octanol–water partition coefficient (Wildman–Crippen LogP) is 2.76. The van der Waals surface area contributed by atoms with Crippen molar-refractivity contribution in [2.75, 3.05) is 6.79 Å². The maximum Gasteiger partial charge on any atom is 0.271 e. The molecule has 7 nitrogen and oxygen atoms in total. The van der Waals surface area contributed by atoms with E-state index < -0.39 is 0 Å². The molecule has 1 amide bonds. The topological polar surface area (TPSA) is 77.7 Å². The second-order valence-corrected chi connectivity index (χ2v) is 5.72. The average molecular weight is 348 g/mol. The standard InChI is InChI=1S/C19H16N4O3/c1-13(14-2-5-16(6-3-14)23-9-8-20-11-23)21-22-19(24)15-4-7-17-18(10-15)26-12-25-17/h2-11H,12H2,1H3,(H,22,24)/b21-13-. The molecule has 4 rings (SSSR count). The van der Waals surface area contributed by atoms with Gasteiger partial charge in [-0.15, -0.1) is 0 Å². The van der Waals surface area contributed by atoms with Crippen molar-refractivity contribution in [3.63, 3.8) is 0 Å². The second-order valence-electron chi connectivity index (χ2n) is 5.72. The Bertz CT molecular complexity index is 963. The summed E-state index contributed by atoms with van der Waals surface area (Å²) < 4.78 is 12.4.